The molecule has 0 aliphatic carbocycles. The molecule has 2 aromatic carbocycles. The number of methoxy groups -OCH3 is 1. The third-order valence-electron chi connectivity index (χ3n) is 3.79. The van der Waals surface area contributed by atoms with Crippen LogP contribution in [-0.2, 0) is 0 Å². The second-order valence-electron chi connectivity index (χ2n) is 5.37. The van der Waals surface area contributed by atoms with Crippen molar-refractivity contribution in [2.75, 3.05) is 7.11 Å². The van der Waals surface area contributed by atoms with Gasteiger partial charge in [0.2, 0.25) is 0 Å². The molecule has 0 aliphatic heterocycles. The summed E-state index contributed by atoms with van der Waals surface area (Å²) in [6.07, 6.45) is 1.77. The number of nitrogens with zero attached hydrogens (tertiary/aromatic N) is 3. The molecule has 0 saturated heterocycles. The van der Waals surface area contributed by atoms with E-state index in [1.807, 2.05) is 36.4 Å². The van der Waals surface area contributed by atoms with Gasteiger partial charge in [-0.1, -0.05) is 33.3 Å². The molecular formula is C18H12BrN3O3. The molecule has 0 unspecified atom stereocenters. The summed E-state index contributed by atoms with van der Waals surface area (Å²) in [5, 5.41) is 9.14. The quantitative estimate of drug-likeness (QED) is 0.491. The van der Waals surface area contributed by atoms with E-state index in [4.69, 9.17) is 9.15 Å². The zero-order valence-electron chi connectivity index (χ0n) is 13.1. The van der Waals surface area contributed by atoms with Crippen molar-refractivity contribution < 1.29 is 9.15 Å². The van der Waals surface area contributed by atoms with E-state index in [0.29, 0.717) is 17.0 Å². The van der Waals surface area contributed by atoms with Crippen molar-refractivity contribution >= 4 is 26.9 Å². The number of ether oxygens (including phenoxy) is 1. The van der Waals surface area contributed by atoms with Crippen LogP contribution in [0.25, 0.3) is 27.9 Å². The number of hydrogen-bond acceptors (Lipinski definition) is 5. The molecule has 0 atom stereocenters. The maximum absolute atomic E-state index is 11.9. The molecule has 124 valence electrons. The van der Waals surface area contributed by atoms with E-state index in [1.54, 1.807) is 24.1 Å². The van der Waals surface area contributed by atoms with E-state index in [-0.39, 0.29) is 0 Å². The Hall–Kier alpha value is -2.93. The van der Waals surface area contributed by atoms with Crippen molar-refractivity contribution in [3.8, 4) is 22.7 Å². The molecule has 4 aromatic rings. The van der Waals surface area contributed by atoms with Crippen molar-refractivity contribution in [1.82, 2.24) is 15.0 Å². The second kappa shape index (κ2) is 6.18. The normalized spacial score (nSPS) is 11.0. The van der Waals surface area contributed by atoms with Crippen LogP contribution in [0, 0.1) is 0 Å². The highest BCUT2D eigenvalue weighted by molar-refractivity contribution is 9.10. The largest absolute Gasteiger partial charge is 0.497 e. The lowest BCUT2D eigenvalue weighted by molar-refractivity contribution is 0.415. The summed E-state index contributed by atoms with van der Waals surface area (Å²) in [6.45, 7) is 0. The fourth-order valence-electron chi connectivity index (χ4n) is 2.60. The van der Waals surface area contributed by atoms with Gasteiger partial charge in [0, 0.05) is 15.4 Å². The van der Waals surface area contributed by atoms with Gasteiger partial charge in [0.15, 0.2) is 0 Å². The molecular weight excluding hydrogens is 386 g/mol. The maximum atomic E-state index is 11.9. The summed E-state index contributed by atoms with van der Waals surface area (Å²) in [5.41, 5.74) is 2.20. The molecule has 0 bridgehead atoms. The minimum atomic E-state index is -0.441. The summed E-state index contributed by atoms with van der Waals surface area (Å²) in [4.78, 5) is 11.9. The van der Waals surface area contributed by atoms with E-state index in [9.17, 15) is 4.79 Å². The summed E-state index contributed by atoms with van der Waals surface area (Å²) in [7, 11) is 1.61. The highest BCUT2D eigenvalue weighted by atomic mass is 79.9. The lowest BCUT2D eigenvalue weighted by Gasteiger charge is -2.05. The van der Waals surface area contributed by atoms with Gasteiger partial charge in [-0.05, 0) is 30.3 Å². The molecule has 2 aromatic heterocycles. The zero-order chi connectivity index (χ0) is 17.4. The summed E-state index contributed by atoms with van der Waals surface area (Å²) in [5.74, 6) is 0.738. The van der Waals surface area contributed by atoms with Crippen LogP contribution in [0.4, 0.5) is 0 Å². The Morgan fingerprint density at radius 3 is 2.88 bits per heavy atom. The third-order valence-corrected chi connectivity index (χ3v) is 4.28. The first kappa shape index (κ1) is 15.6. The van der Waals surface area contributed by atoms with Crippen LogP contribution < -0.4 is 10.4 Å². The Labute approximate surface area is 150 Å². The van der Waals surface area contributed by atoms with Crippen LogP contribution in [0.15, 0.2) is 68.4 Å². The van der Waals surface area contributed by atoms with Gasteiger partial charge in [-0.15, -0.1) is 5.10 Å². The molecule has 0 radical (unpaired) electrons. The van der Waals surface area contributed by atoms with Crippen LogP contribution >= 0.6 is 15.9 Å². The minimum Gasteiger partial charge on any atom is -0.497 e. The van der Waals surface area contributed by atoms with Crippen molar-refractivity contribution in [1.29, 1.82) is 0 Å². The average molecular weight is 398 g/mol. The number of rotatable bonds is 3. The maximum Gasteiger partial charge on any atom is 0.338 e. The molecule has 2 heterocycles. The predicted octanol–water partition coefficient (Wildman–Crippen LogP) is 3.81. The topological polar surface area (TPSA) is 70.2 Å². The van der Waals surface area contributed by atoms with Gasteiger partial charge in [-0.2, -0.15) is 0 Å². The molecule has 0 fully saturated rings. The Morgan fingerprint density at radius 1 is 1.16 bits per heavy atom. The summed E-state index contributed by atoms with van der Waals surface area (Å²) < 4.78 is 12.9. The second-order valence-corrected chi connectivity index (χ2v) is 6.29. The highest BCUT2D eigenvalue weighted by Crippen LogP contribution is 2.26. The molecule has 0 aliphatic rings. The van der Waals surface area contributed by atoms with E-state index in [0.717, 1.165) is 21.2 Å². The number of fused-ring (bicyclic) bond motifs is 1. The van der Waals surface area contributed by atoms with Gasteiger partial charge in [0.1, 0.15) is 17.0 Å². The third kappa shape index (κ3) is 2.94. The fourth-order valence-corrected chi connectivity index (χ4v) is 2.97. The predicted molar refractivity (Wildman–Crippen MR) is 97.1 cm³/mol. The first-order valence-electron chi connectivity index (χ1n) is 7.44. The van der Waals surface area contributed by atoms with Gasteiger partial charge in [-0.25, -0.2) is 9.48 Å². The van der Waals surface area contributed by atoms with Crippen LogP contribution in [0.1, 0.15) is 0 Å². The monoisotopic (exact) mass is 397 g/mol. The van der Waals surface area contributed by atoms with Crippen molar-refractivity contribution in [2.45, 2.75) is 0 Å². The van der Waals surface area contributed by atoms with Crippen molar-refractivity contribution in [2.24, 2.45) is 0 Å². The van der Waals surface area contributed by atoms with Gasteiger partial charge in [0.05, 0.1) is 25.1 Å². The number of aromatic nitrogens is 3. The van der Waals surface area contributed by atoms with E-state index >= 15 is 0 Å². The molecule has 6 nitrogen and oxygen atoms in total. The molecule has 0 spiro atoms. The number of hydrogen-bond donors (Lipinski definition) is 0. The van der Waals surface area contributed by atoms with Crippen LogP contribution in [0.3, 0.4) is 0 Å². The van der Waals surface area contributed by atoms with Gasteiger partial charge < -0.3 is 9.15 Å². The Balaban J connectivity index is 1.86. The Bertz CT molecular complexity index is 1130. The molecule has 7 heteroatoms. The minimum absolute atomic E-state index is 0.441. The first-order chi connectivity index (χ1) is 12.1. The molecule has 25 heavy (non-hydrogen) atoms. The number of benzene rings is 2. The van der Waals surface area contributed by atoms with Gasteiger partial charge in [0.25, 0.3) is 0 Å². The van der Waals surface area contributed by atoms with Crippen molar-refractivity contribution in [3.05, 3.63) is 69.6 Å². The Kier molecular flexibility index (Phi) is 3.85. The highest BCUT2D eigenvalue weighted by Gasteiger charge is 2.12. The number of halogens is 1. The SMILES string of the molecule is COc1cccc(-c2cn(-c3cc(=O)oc4ccc(Br)cc34)nn2)c1. The van der Waals surface area contributed by atoms with Crippen LogP contribution in [-0.4, -0.2) is 22.1 Å². The fraction of sp³-hybridized carbons (Fsp3) is 0.0556. The molecule has 0 saturated carbocycles. The standard InChI is InChI=1S/C18H12BrN3O3/c1-24-13-4-2-3-11(7-13)15-10-22(21-20-15)16-9-18(23)25-17-6-5-12(19)8-14(16)17/h2-10H,1H3. The van der Waals surface area contributed by atoms with E-state index in [1.165, 1.54) is 6.07 Å². The smallest absolute Gasteiger partial charge is 0.338 e. The van der Waals surface area contributed by atoms with Crippen LogP contribution in [0.5, 0.6) is 5.75 Å². The van der Waals surface area contributed by atoms with Crippen molar-refractivity contribution in [3.63, 3.8) is 0 Å². The Morgan fingerprint density at radius 2 is 2.04 bits per heavy atom. The lowest BCUT2D eigenvalue weighted by Crippen LogP contribution is -2.04. The van der Waals surface area contributed by atoms with E-state index in [2.05, 4.69) is 26.2 Å². The van der Waals surface area contributed by atoms with E-state index < -0.39 is 5.63 Å². The summed E-state index contributed by atoms with van der Waals surface area (Å²) >= 11 is 3.44. The van der Waals surface area contributed by atoms with Crippen LogP contribution in [0.2, 0.25) is 0 Å². The molecule has 0 amide bonds. The lowest BCUT2D eigenvalue weighted by atomic mass is 10.1. The molecule has 4 rings (SSSR count). The van der Waals surface area contributed by atoms with Gasteiger partial charge >= 0.3 is 5.63 Å². The van der Waals surface area contributed by atoms with Gasteiger partial charge in [-0.3, -0.25) is 0 Å². The summed E-state index contributed by atoms with van der Waals surface area (Å²) in [6, 6.07) is 14.4. The zero-order valence-corrected chi connectivity index (χ0v) is 14.7. The average Bonchev–Trinajstić information content (AvgIpc) is 3.11. The molecule has 0 N–H and O–H groups in total. The first-order valence-corrected chi connectivity index (χ1v) is 8.24.